The summed E-state index contributed by atoms with van der Waals surface area (Å²) in [6.45, 7) is 22.1. The lowest BCUT2D eigenvalue weighted by Crippen LogP contribution is -2.37. The number of hydrogen-bond acceptors (Lipinski definition) is 3. The lowest BCUT2D eigenvalue weighted by molar-refractivity contribution is 0.0481. The maximum Gasteiger partial charge on any atom is 0.0593 e. The van der Waals surface area contributed by atoms with E-state index in [4.69, 9.17) is 4.74 Å². The Kier molecular flexibility index (Phi) is 16.3. The molecule has 0 aromatic carbocycles. The van der Waals surface area contributed by atoms with Gasteiger partial charge in [0.15, 0.2) is 0 Å². The van der Waals surface area contributed by atoms with Crippen molar-refractivity contribution in [2.24, 2.45) is 11.8 Å². The Morgan fingerprint density at radius 1 is 0.792 bits per heavy atom. The molecule has 2 fully saturated rings. The van der Waals surface area contributed by atoms with Gasteiger partial charge in [0, 0.05) is 13.2 Å². The molecule has 0 aromatic rings. The number of piperidine rings is 2. The van der Waals surface area contributed by atoms with E-state index in [1.54, 1.807) is 0 Å². The van der Waals surface area contributed by atoms with E-state index in [1.165, 1.54) is 64.8 Å². The summed E-state index contributed by atoms with van der Waals surface area (Å²) < 4.78 is 5.94. The highest BCUT2D eigenvalue weighted by Gasteiger charge is 2.19. The zero-order valence-corrected chi connectivity index (χ0v) is 17.6. The molecule has 0 spiro atoms. The van der Waals surface area contributed by atoms with Crippen LogP contribution in [0.25, 0.3) is 0 Å². The molecule has 3 heteroatoms. The Labute approximate surface area is 153 Å². The summed E-state index contributed by atoms with van der Waals surface area (Å²) in [5, 5.41) is 0. The molecule has 0 unspecified atom stereocenters. The Morgan fingerprint density at radius 3 is 1.83 bits per heavy atom. The van der Waals surface area contributed by atoms with Crippen molar-refractivity contribution in [2.45, 2.75) is 73.6 Å². The van der Waals surface area contributed by atoms with Crippen LogP contribution in [0.15, 0.2) is 0 Å². The van der Waals surface area contributed by atoms with Gasteiger partial charge in [-0.05, 0) is 76.7 Å². The smallest absolute Gasteiger partial charge is 0.0593 e. The second kappa shape index (κ2) is 16.4. The van der Waals surface area contributed by atoms with Gasteiger partial charge in [-0.25, -0.2) is 0 Å². The number of ether oxygens (including phenoxy) is 1. The van der Waals surface area contributed by atoms with Crippen molar-refractivity contribution in [1.82, 2.24) is 9.80 Å². The minimum Gasteiger partial charge on any atom is -0.380 e. The maximum absolute atomic E-state index is 5.94. The normalized spacial score (nSPS) is 20.8. The molecule has 0 aliphatic carbocycles. The zero-order chi connectivity index (χ0) is 18.2. The molecular formula is C21H46N2O. The summed E-state index contributed by atoms with van der Waals surface area (Å²) in [4.78, 5) is 5.18. The summed E-state index contributed by atoms with van der Waals surface area (Å²) in [7, 11) is 0. The first-order valence-electron chi connectivity index (χ1n) is 10.8. The molecule has 0 amide bonds. The molecule has 2 aliphatic heterocycles. The predicted molar refractivity (Wildman–Crippen MR) is 108 cm³/mol. The quantitative estimate of drug-likeness (QED) is 0.611. The number of nitrogens with zero attached hydrogens (tertiary/aromatic N) is 2. The minimum absolute atomic E-state index is 0.810. The largest absolute Gasteiger partial charge is 0.380 e. The third-order valence-corrected chi connectivity index (χ3v) is 5.03. The number of likely N-dealkylation sites (tertiary alicyclic amines) is 2. The molecule has 0 radical (unpaired) electrons. The van der Waals surface area contributed by atoms with E-state index in [-0.39, 0.29) is 0 Å². The van der Waals surface area contributed by atoms with Crippen LogP contribution >= 0.6 is 0 Å². The van der Waals surface area contributed by atoms with Crippen molar-refractivity contribution < 1.29 is 4.74 Å². The first-order valence-corrected chi connectivity index (χ1v) is 10.8. The van der Waals surface area contributed by atoms with E-state index < -0.39 is 0 Å². The van der Waals surface area contributed by atoms with Crippen LogP contribution in [-0.2, 0) is 4.74 Å². The molecule has 0 bridgehead atoms. The van der Waals surface area contributed by atoms with Gasteiger partial charge in [-0.1, -0.05) is 41.5 Å². The third kappa shape index (κ3) is 10.7. The summed E-state index contributed by atoms with van der Waals surface area (Å²) in [5.41, 5.74) is 0. The SMILES string of the molecule is CC.CC.CCCN1CCC(COCCN2CCC(C)CC2)CC1. The lowest BCUT2D eigenvalue weighted by atomic mass is 9.98. The highest BCUT2D eigenvalue weighted by molar-refractivity contribution is 4.72. The van der Waals surface area contributed by atoms with Gasteiger partial charge in [-0.2, -0.15) is 0 Å². The van der Waals surface area contributed by atoms with Crippen LogP contribution in [0.4, 0.5) is 0 Å². The van der Waals surface area contributed by atoms with Crippen molar-refractivity contribution in [3.63, 3.8) is 0 Å². The summed E-state index contributed by atoms with van der Waals surface area (Å²) in [5.74, 6) is 1.74. The first-order chi connectivity index (χ1) is 11.8. The molecule has 2 heterocycles. The van der Waals surface area contributed by atoms with Gasteiger partial charge in [0.1, 0.15) is 0 Å². The van der Waals surface area contributed by atoms with E-state index in [9.17, 15) is 0 Å². The Bertz CT molecular complexity index is 244. The first kappa shape index (κ1) is 23.9. The summed E-state index contributed by atoms with van der Waals surface area (Å²) in [6.07, 6.45) is 6.70. The van der Waals surface area contributed by atoms with Crippen molar-refractivity contribution in [1.29, 1.82) is 0 Å². The fraction of sp³-hybridized carbons (Fsp3) is 1.00. The minimum atomic E-state index is 0.810. The highest BCUT2D eigenvalue weighted by Crippen LogP contribution is 2.18. The van der Waals surface area contributed by atoms with Gasteiger partial charge in [0.05, 0.1) is 6.61 Å². The molecule has 0 N–H and O–H groups in total. The average Bonchev–Trinajstić information content (AvgIpc) is 2.65. The Balaban J connectivity index is 0.00000123. The van der Waals surface area contributed by atoms with Gasteiger partial charge in [0.25, 0.3) is 0 Å². The zero-order valence-electron chi connectivity index (χ0n) is 17.6. The summed E-state index contributed by atoms with van der Waals surface area (Å²) in [6, 6.07) is 0. The molecule has 146 valence electrons. The van der Waals surface area contributed by atoms with Crippen LogP contribution in [0.1, 0.15) is 73.6 Å². The second-order valence-electron chi connectivity index (χ2n) is 6.88. The summed E-state index contributed by atoms with van der Waals surface area (Å²) >= 11 is 0. The van der Waals surface area contributed by atoms with Gasteiger partial charge in [-0.15, -0.1) is 0 Å². The molecule has 24 heavy (non-hydrogen) atoms. The van der Waals surface area contributed by atoms with Crippen LogP contribution in [0.3, 0.4) is 0 Å². The van der Waals surface area contributed by atoms with E-state index in [2.05, 4.69) is 23.6 Å². The molecule has 2 aliphatic rings. The van der Waals surface area contributed by atoms with Crippen LogP contribution < -0.4 is 0 Å². The van der Waals surface area contributed by atoms with Crippen molar-refractivity contribution in [2.75, 3.05) is 52.5 Å². The van der Waals surface area contributed by atoms with E-state index in [0.717, 1.165) is 31.6 Å². The van der Waals surface area contributed by atoms with E-state index >= 15 is 0 Å². The maximum atomic E-state index is 5.94. The van der Waals surface area contributed by atoms with Crippen LogP contribution in [0.5, 0.6) is 0 Å². The predicted octanol–water partition coefficient (Wildman–Crippen LogP) is 4.91. The van der Waals surface area contributed by atoms with Crippen molar-refractivity contribution >= 4 is 0 Å². The Hall–Kier alpha value is -0.120. The molecular weight excluding hydrogens is 296 g/mol. The molecule has 3 nitrogen and oxygen atoms in total. The fourth-order valence-electron chi connectivity index (χ4n) is 3.42. The molecule has 2 saturated heterocycles. The number of hydrogen-bond donors (Lipinski definition) is 0. The van der Waals surface area contributed by atoms with Crippen LogP contribution in [0.2, 0.25) is 0 Å². The highest BCUT2D eigenvalue weighted by atomic mass is 16.5. The van der Waals surface area contributed by atoms with Gasteiger partial charge in [0.2, 0.25) is 0 Å². The monoisotopic (exact) mass is 342 g/mol. The molecule has 0 aromatic heterocycles. The fourth-order valence-corrected chi connectivity index (χ4v) is 3.42. The standard InChI is InChI=1S/C17H34N2O.2C2H6/c1-3-8-18-11-6-17(7-12-18)15-20-14-13-19-9-4-16(2)5-10-19;2*1-2/h16-17H,3-15H2,1-2H3;2*1-2H3. The number of rotatable bonds is 7. The van der Waals surface area contributed by atoms with Crippen molar-refractivity contribution in [3.8, 4) is 0 Å². The third-order valence-electron chi connectivity index (χ3n) is 5.03. The molecule has 0 saturated carbocycles. The average molecular weight is 343 g/mol. The second-order valence-corrected chi connectivity index (χ2v) is 6.88. The van der Waals surface area contributed by atoms with Gasteiger partial charge >= 0.3 is 0 Å². The van der Waals surface area contributed by atoms with Gasteiger partial charge < -0.3 is 14.5 Å². The topological polar surface area (TPSA) is 15.7 Å². The van der Waals surface area contributed by atoms with Gasteiger partial charge in [-0.3, -0.25) is 0 Å². The van der Waals surface area contributed by atoms with E-state index in [1.807, 2.05) is 27.7 Å². The van der Waals surface area contributed by atoms with E-state index in [0.29, 0.717) is 0 Å². The lowest BCUT2D eigenvalue weighted by Gasteiger charge is -2.32. The molecule has 0 atom stereocenters. The van der Waals surface area contributed by atoms with Crippen LogP contribution in [-0.4, -0.2) is 62.3 Å². The van der Waals surface area contributed by atoms with Crippen molar-refractivity contribution in [3.05, 3.63) is 0 Å². The Morgan fingerprint density at radius 2 is 1.29 bits per heavy atom. The molecule has 2 rings (SSSR count). The van der Waals surface area contributed by atoms with Crippen LogP contribution in [0, 0.1) is 11.8 Å².